The molecular formula is C11H20OS. The lowest BCUT2D eigenvalue weighted by molar-refractivity contribution is -0.121. The van der Waals surface area contributed by atoms with Crippen LogP contribution in [0.1, 0.15) is 46.5 Å². The molecule has 1 heterocycles. The number of carbonyl (C=O) groups is 1. The van der Waals surface area contributed by atoms with Crippen molar-refractivity contribution in [3.63, 3.8) is 0 Å². The summed E-state index contributed by atoms with van der Waals surface area (Å²) < 4.78 is -0.0328. The maximum atomic E-state index is 11.9. The average molecular weight is 200 g/mol. The van der Waals surface area contributed by atoms with Crippen molar-refractivity contribution in [3.8, 4) is 0 Å². The van der Waals surface area contributed by atoms with Gasteiger partial charge in [-0.1, -0.05) is 13.8 Å². The van der Waals surface area contributed by atoms with Gasteiger partial charge in [-0.3, -0.25) is 4.79 Å². The van der Waals surface area contributed by atoms with Crippen LogP contribution in [0.25, 0.3) is 0 Å². The number of Topliss-reactive ketones (excluding diaryl/α,β-unsaturated/α-hetero) is 1. The van der Waals surface area contributed by atoms with Gasteiger partial charge in [-0.2, -0.15) is 0 Å². The smallest absolute Gasteiger partial charge is 0.148 e. The number of carbonyl (C=O) groups excluding carboxylic acids is 1. The van der Waals surface area contributed by atoms with Crippen molar-refractivity contribution in [3.05, 3.63) is 0 Å². The van der Waals surface area contributed by atoms with Crippen molar-refractivity contribution in [2.24, 2.45) is 5.92 Å². The van der Waals surface area contributed by atoms with Crippen LogP contribution < -0.4 is 0 Å². The monoisotopic (exact) mass is 200 g/mol. The highest BCUT2D eigenvalue weighted by Crippen LogP contribution is 2.39. The number of rotatable bonds is 4. The van der Waals surface area contributed by atoms with Crippen LogP contribution in [0.4, 0.5) is 0 Å². The summed E-state index contributed by atoms with van der Waals surface area (Å²) in [4.78, 5) is 11.9. The number of thioether (sulfide) groups is 1. The Bertz CT molecular complexity index is 181. The van der Waals surface area contributed by atoms with E-state index in [1.165, 1.54) is 12.2 Å². The van der Waals surface area contributed by atoms with Gasteiger partial charge >= 0.3 is 0 Å². The van der Waals surface area contributed by atoms with Gasteiger partial charge in [0.1, 0.15) is 5.78 Å². The van der Waals surface area contributed by atoms with E-state index in [1.807, 2.05) is 11.8 Å². The summed E-state index contributed by atoms with van der Waals surface area (Å²) in [7, 11) is 0. The highest BCUT2D eigenvalue weighted by Gasteiger charge is 2.36. The lowest BCUT2D eigenvalue weighted by atomic mass is 9.94. The van der Waals surface area contributed by atoms with E-state index >= 15 is 0 Å². The first-order chi connectivity index (χ1) is 6.04. The second-order valence-corrected chi connectivity index (χ2v) is 6.14. The molecule has 0 aromatic carbocycles. The first-order valence-corrected chi connectivity index (χ1v) is 6.20. The van der Waals surface area contributed by atoms with Crippen molar-refractivity contribution >= 4 is 17.5 Å². The Morgan fingerprint density at radius 1 is 1.54 bits per heavy atom. The maximum absolute atomic E-state index is 11.9. The van der Waals surface area contributed by atoms with E-state index < -0.39 is 0 Å². The summed E-state index contributed by atoms with van der Waals surface area (Å²) in [5, 5.41) is 0. The standard InChI is InChI=1S/C11H20OS/c1-9(2)5-6-10(12)11(3)7-4-8-13-11/h9H,4-8H2,1-3H3. The van der Waals surface area contributed by atoms with E-state index in [1.54, 1.807) is 0 Å². The Kier molecular flexibility index (Phi) is 3.84. The van der Waals surface area contributed by atoms with Gasteiger partial charge < -0.3 is 0 Å². The highest BCUT2D eigenvalue weighted by atomic mass is 32.2. The molecule has 0 bridgehead atoms. The Morgan fingerprint density at radius 2 is 2.23 bits per heavy atom. The molecule has 1 aliphatic rings. The summed E-state index contributed by atoms with van der Waals surface area (Å²) in [6.45, 7) is 6.47. The highest BCUT2D eigenvalue weighted by molar-refractivity contribution is 8.01. The molecule has 1 atom stereocenters. The first kappa shape index (κ1) is 11.1. The minimum absolute atomic E-state index is 0.0328. The fourth-order valence-corrected chi connectivity index (χ4v) is 2.97. The van der Waals surface area contributed by atoms with Crippen LogP contribution in [0, 0.1) is 5.92 Å². The van der Waals surface area contributed by atoms with Crippen molar-refractivity contribution in [1.82, 2.24) is 0 Å². The Hall–Kier alpha value is 0.0200. The van der Waals surface area contributed by atoms with Crippen LogP contribution in [0.3, 0.4) is 0 Å². The molecule has 76 valence electrons. The zero-order valence-corrected chi connectivity index (χ0v) is 9.75. The van der Waals surface area contributed by atoms with Crippen molar-refractivity contribution < 1.29 is 4.79 Å². The van der Waals surface area contributed by atoms with E-state index in [4.69, 9.17) is 0 Å². The molecule has 1 saturated heterocycles. The first-order valence-electron chi connectivity index (χ1n) is 5.22. The molecule has 2 heteroatoms. The van der Waals surface area contributed by atoms with Gasteiger partial charge in [0.2, 0.25) is 0 Å². The van der Waals surface area contributed by atoms with E-state index in [0.717, 1.165) is 19.3 Å². The molecule has 1 nitrogen and oxygen atoms in total. The van der Waals surface area contributed by atoms with Crippen LogP contribution in [0.2, 0.25) is 0 Å². The fraction of sp³-hybridized carbons (Fsp3) is 0.909. The summed E-state index contributed by atoms with van der Waals surface area (Å²) in [6.07, 6.45) is 4.14. The molecule has 1 rings (SSSR count). The molecule has 0 N–H and O–H groups in total. The molecular weight excluding hydrogens is 180 g/mol. The SMILES string of the molecule is CC(C)CCC(=O)C1(C)CCCS1. The summed E-state index contributed by atoms with van der Waals surface area (Å²) in [6, 6.07) is 0. The van der Waals surface area contributed by atoms with Crippen molar-refractivity contribution in [1.29, 1.82) is 0 Å². The lowest BCUT2D eigenvalue weighted by Crippen LogP contribution is -2.28. The third-order valence-electron chi connectivity index (χ3n) is 2.76. The lowest BCUT2D eigenvalue weighted by Gasteiger charge is -2.21. The van der Waals surface area contributed by atoms with Crippen LogP contribution in [0.5, 0.6) is 0 Å². The average Bonchev–Trinajstić information content (AvgIpc) is 2.49. The van der Waals surface area contributed by atoms with Gasteiger partial charge in [-0.25, -0.2) is 0 Å². The molecule has 1 unspecified atom stereocenters. The summed E-state index contributed by atoms with van der Waals surface area (Å²) >= 11 is 1.85. The van der Waals surface area contributed by atoms with E-state index in [0.29, 0.717) is 11.7 Å². The minimum atomic E-state index is -0.0328. The summed E-state index contributed by atoms with van der Waals surface area (Å²) in [5.74, 6) is 2.30. The molecule has 0 aromatic heterocycles. The molecule has 0 amide bonds. The second kappa shape index (κ2) is 4.50. The molecule has 13 heavy (non-hydrogen) atoms. The molecule has 0 aliphatic carbocycles. The molecule has 1 fully saturated rings. The third kappa shape index (κ3) is 3.01. The van der Waals surface area contributed by atoms with E-state index in [2.05, 4.69) is 20.8 Å². The van der Waals surface area contributed by atoms with Gasteiger partial charge in [-0.15, -0.1) is 11.8 Å². The largest absolute Gasteiger partial charge is 0.298 e. The van der Waals surface area contributed by atoms with Gasteiger partial charge in [0.05, 0.1) is 4.75 Å². The molecule has 0 saturated carbocycles. The Labute approximate surface area is 85.7 Å². The number of ketones is 1. The third-order valence-corrected chi connectivity index (χ3v) is 4.32. The fourth-order valence-electron chi connectivity index (χ4n) is 1.68. The van der Waals surface area contributed by atoms with Gasteiger partial charge in [0.15, 0.2) is 0 Å². The molecule has 1 aliphatic heterocycles. The predicted molar refractivity (Wildman–Crippen MR) is 59.2 cm³/mol. The van der Waals surface area contributed by atoms with Crippen LogP contribution in [-0.4, -0.2) is 16.3 Å². The zero-order chi connectivity index (χ0) is 9.90. The molecule has 0 radical (unpaired) electrons. The molecule has 0 aromatic rings. The van der Waals surface area contributed by atoms with E-state index in [-0.39, 0.29) is 4.75 Å². The van der Waals surface area contributed by atoms with Gasteiger partial charge in [-0.05, 0) is 37.9 Å². The predicted octanol–water partition coefficient (Wildman–Crippen LogP) is 3.28. The second-order valence-electron chi connectivity index (χ2n) is 4.54. The Balaban J connectivity index is 2.38. The number of hydrogen-bond donors (Lipinski definition) is 0. The maximum Gasteiger partial charge on any atom is 0.148 e. The van der Waals surface area contributed by atoms with Crippen LogP contribution in [0.15, 0.2) is 0 Å². The summed E-state index contributed by atoms with van der Waals surface area (Å²) in [5.41, 5.74) is 0. The van der Waals surface area contributed by atoms with Crippen molar-refractivity contribution in [2.75, 3.05) is 5.75 Å². The van der Waals surface area contributed by atoms with E-state index in [9.17, 15) is 4.79 Å². The normalized spacial score (nSPS) is 28.3. The number of hydrogen-bond acceptors (Lipinski definition) is 2. The quantitative estimate of drug-likeness (QED) is 0.693. The van der Waals surface area contributed by atoms with Gasteiger partial charge in [0, 0.05) is 6.42 Å². The van der Waals surface area contributed by atoms with Crippen LogP contribution >= 0.6 is 11.8 Å². The topological polar surface area (TPSA) is 17.1 Å². The van der Waals surface area contributed by atoms with Crippen LogP contribution in [-0.2, 0) is 4.79 Å². The van der Waals surface area contributed by atoms with Gasteiger partial charge in [0.25, 0.3) is 0 Å². The van der Waals surface area contributed by atoms with Crippen molar-refractivity contribution in [2.45, 2.75) is 51.2 Å². The zero-order valence-electron chi connectivity index (χ0n) is 8.93. The molecule has 0 spiro atoms. The minimum Gasteiger partial charge on any atom is -0.298 e. The Morgan fingerprint density at radius 3 is 2.69 bits per heavy atom.